The van der Waals surface area contributed by atoms with E-state index in [0.717, 1.165) is 0 Å². The molecule has 0 amide bonds. The predicted molar refractivity (Wildman–Crippen MR) is 109 cm³/mol. The minimum absolute atomic E-state index is 0.0110. The van der Waals surface area contributed by atoms with Crippen molar-refractivity contribution < 1.29 is 22.7 Å². The van der Waals surface area contributed by atoms with E-state index in [9.17, 15) is 13.2 Å². The zero-order chi connectivity index (χ0) is 21.2. The Bertz CT molecular complexity index is 1160. The van der Waals surface area contributed by atoms with Gasteiger partial charge in [-0.05, 0) is 42.8 Å². The summed E-state index contributed by atoms with van der Waals surface area (Å²) < 4.78 is 28.8. The van der Waals surface area contributed by atoms with Gasteiger partial charge in [-0.1, -0.05) is 29.3 Å². The number of aryl methyl sites for hydroxylation is 1. The molecule has 0 aliphatic rings. The van der Waals surface area contributed by atoms with Crippen LogP contribution in [0.3, 0.4) is 0 Å². The standard InChI is InChI=1S/C19H16Cl2N2O5S/c20-14-9-6-12(10-15(14)21)18-19(28-16(23-18)2-1-3-17(24)25)11-4-7-13(8-5-11)29(22,26)27/h4-10H,1-3H2,(H,24,25)(H2,22,26,27). The molecule has 152 valence electrons. The van der Waals surface area contributed by atoms with E-state index < -0.39 is 16.0 Å². The van der Waals surface area contributed by atoms with E-state index in [4.69, 9.17) is 37.9 Å². The Morgan fingerprint density at radius 1 is 1.07 bits per heavy atom. The number of hydrogen-bond donors (Lipinski definition) is 2. The van der Waals surface area contributed by atoms with Crippen LogP contribution in [-0.4, -0.2) is 24.5 Å². The Hall–Kier alpha value is -2.39. The van der Waals surface area contributed by atoms with Crippen molar-refractivity contribution in [2.75, 3.05) is 0 Å². The largest absolute Gasteiger partial charge is 0.481 e. The van der Waals surface area contributed by atoms with Crippen molar-refractivity contribution >= 4 is 39.2 Å². The summed E-state index contributed by atoms with van der Waals surface area (Å²) in [4.78, 5) is 15.2. The molecule has 0 unspecified atom stereocenters. The number of hydrogen-bond acceptors (Lipinski definition) is 5. The molecule has 0 aliphatic heterocycles. The molecule has 3 aromatic rings. The number of benzene rings is 2. The molecule has 0 saturated heterocycles. The topological polar surface area (TPSA) is 123 Å². The summed E-state index contributed by atoms with van der Waals surface area (Å²) in [6.45, 7) is 0. The van der Waals surface area contributed by atoms with Gasteiger partial charge in [0.25, 0.3) is 0 Å². The van der Waals surface area contributed by atoms with Crippen molar-refractivity contribution in [3.8, 4) is 22.6 Å². The molecule has 0 spiro atoms. The van der Waals surface area contributed by atoms with Gasteiger partial charge in [-0.15, -0.1) is 0 Å². The summed E-state index contributed by atoms with van der Waals surface area (Å²) in [5.74, 6) is -0.146. The third kappa shape index (κ3) is 5.16. The van der Waals surface area contributed by atoms with Crippen LogP contribution < -0.4 is 5.14 Å². The number of carbonyl (C=O) groups is 1. The maximum atomic E-state index is 11.5. The fourth-order valence-electron chi connectivity index (χ4n) is 2.69. The smallest absolute Gasteiger partial charge is 0.303 e. The first kappa shape index (κ1) is 21.3. The van der Waals surface area contributed by atoms with Crippen LogP contribution in [0.25, 0.3) is 22.6 Å². The Morgan fingerprint density at radius 2 is 1.72 bits per heavy atom. The normalized spacial score (nSPS) is 11.6. The van der Waals surface area contributed by atoms with Crippen LogP contribution in [0.5, 0.6) is 0 Å². The van der Waals surface area contributed by atoms with Gasteiger partial charge >= 0.3 is 5.97 Å². The number of primary sulfonamides is 1. The summed E-state index contributed by atoms with van der Waals surface area (Å²) in [6.07, 6.45) is 0.680. The highest BCUT2D eigenvalue weighted by Gasteiger charge is 2.19. The lowest BCUT2D eigenvalue weighted by Gasteiger charge is -2.04. The van der Waals surface area contributed by atoms with Crippen molar-refractivity contribution in [1.82, 2.24) is 4.98 Å². The van der Waals surface area contributed by atoms with Gasteiger partial charge in [0, 0.05) is 24.0 Å². The fraction of sp³-hybridized carbons (Fsp3) is 0.158. The number of nitrogens with zero attached hydrogens (tertiary/aromatic N) is 1. The molecule has 2 aromatic carbocycles. The van der Waals surface area contributed by atoms with Crippen LogP contribution >= 0.6 is 23.2 Å². The molecule has 0 saturated carbocycles. The SMILES string of the molecule is NS(=O)(=O)c1ccc(-c2oc(CCCC(=O)O)nc2-c2ccc(Cl)c(Cl)c2)cc1. The molecule has 0 bridgehead atoms. The van der Waals surface area contributed by atoms with Crippen molar-refractivity contribution in [3.05, 3.63) is 58.4 Å². The van der Waals surface area contributed by atoms with Gasteiger partial charge < -0.3 is 9.52 Å². The number of aromatic nitrogens is 1. The number of rotatable bonds is 7. The van der Waals surface area contributed by atoms with Gasteiger partial charge in [0.1, 0.15) is 5.69 Å². The molecule has 10 heteroatoms. The number of carboxylic acid groups (broad SMARTS) is 1. The Kier molecular flexibility index (Phi) is 6.28. The van der Waals surface area contributed by atoms with Crippen LogP contribution in [0.15, 0.2) is 51.8 Å². The van der Waals surface area contributed by atoms with E-state index in [1.54, 1.807) is 30.3 Å². The highest BCUT2D eigenvalue weighted by Crippen LogP contribution is 2.36. The van der Waals surface area contributed by atoms with E-state index in [1.807, 2.05) is 0 Å². The third-order valence-electron chi connectivity index (χ3n) is 4.09. The second-order valence-corrected chi connectivity index (χ2v) is 8.61. The highest BCUT2D eigenvalue weighted by atomic mass is 35.5. The van der Waals surface area contributed by atoms with Gasteiger partial charge in [-0.2, -0.15) is 0 Å². The molecule has 3 rings (SSSR count). The minimum Gasteiger partial charge on any atom is -0.481 e. The number of oxazole rings is 1. The molecule has 1 aromatic heterocycles. The Morgan fingerprint density at radius 3 is 2.31 bits per heavy atom. The number of sulfonamides is 1. The van der Waals surface area contributed by atoms with Crippen LogP contribution in [0.2, 0.25) is 10.0 Å². The van der Waals surface area contributed by atoms with Crippen molar-refractivity contribution in [2.24, 2.45) is 5.14 Å². The molecule has 0 atom stereocenters. The van der Waals surface area contributed by atoms with Crippen LogP contribution in [-0.2, 0) is 21.2 Å². The molecule has 3 N–H and O–H groups in total. The fourth-order valence-corrected chi connectivity index (χ4v) is 3.51. The lowest BCUT2D eigenvalue weighted by Crippen LogP contribution is -2.11. The molecular formula is C19H16Cl2N2O5S. The van der Waals surface area contributed by atoms with Crippen molar-refractivity contribution in [2.45, 2.75) is 24.2 Å². The zero-order valence-electron chi connectivity index (χ0n) is 14.9. The second-order valence-electron chi connectivity index (χ2n) is 6.23. The van der Waals surface area contributed by atoms with Gasteiger partial charge in [0.2, 0.25) is 10.0 Å². The average molecular weight is 455 g/mol. The van der Waals surface area contributed by atoms with Gasteiger partial charge in [-0.3, -0.25) is 4.79 Å². The summed E-state index contributed by atoms with van der Waals surface area (Å²) in [5.41, 5.74) is 1.71. The van der Waals surface area contributed by atoms with Gasteiger partial charge in [-0.25, -0.2) is 18.5 Å². The van der Waals surface area contributed by atoms with Gasteiger partial charge in [0.05, 0.1) is 14.9 Å². The van der Waals surface area contributed by atoms with E-state index >= 15 is 0 Å². The molecule has 0 aliphatic carbocycles. The summed E-state index contributed by atoms with van der Waals surface area (Å²) >= 11 is 12.1. The van der Waals surface area contributed by atoms with Crippen LogP contribution in [0.4, 0.5) is 0 Å². The molecule has 29 heavy (non-hydrogen) atoms. The number of carboxylic acids is 1. The molecule has 1 heterocycles. The maximum absolute atomic E-state index is 11.5. The average Bonchev–Trinajstić information content (AvgIpc) is 3.07. The molecular weight excluding hydrogens is 439 g/mol. The van der Waals surface area contributed by atoms with Crippen molar-refractivity contribution in [1.29, 1.82) is 0 Å². The Labute approximate surface area is 177 Å². The highest BCUT2D eigenvalue weighted by molar-refractivity contribution is 7.89. The first-order valence-corrected chi connectivity index (χ1v) is 10.8. The first-order valence-electron chi connectivity index (χ1n) is 8.45. The molecule has 7 nitrogen and oxygen atoms in total. The minimum atomic E-state index is -3.82. The maximum Gasteiger partial charge on any atom is 0.303 e. The lowest BCUT2D eigenvalue weighted by molar-refractivity contribution is -0.137. The van der Waals surface area contributed by atoms with Crippen molar-refractivity contribution in [3.63, 3.8) is 0 Å². The summed E-state index contributed by atoms with van der Waals surface area (Å²) in [6, 6.07) is 10.9. The quantitative estimate of drug-likeness (QED) is 0.545. The summed E-state index contributed by atoms with van der Waals surface area (Å²) in [7, 11) is -3.82. The molecule has 0 fully saturated rings. The zero-order valence-corrected chi connectivity index (χ0v) is 17.3. The van der Waals surface area contributed by atoms with E-state index in [-0.39, 0.29) is 11.3 Å². The third-order valence-corrected chi connectivity index (χ3v) is 5.76. The summed E-state index contributed by atoms with van der Waals surface area (Å²) in [5, 5.41) is 14.7. The van der Waals surface area contributed by atoms with Crippen LogP contribution in [0, 0.1) is 0 Å². The van der Waals surface area contributed by atoms with E-state index in [1.165, 1.54) is 12.1 Å². The number of aliphatic carboxylic acids is 1. The Balaban J connectivity index is 2.04. The first-order chi connectivity index (χ1) is 13.6. The predicted octanol–water partition coefficient (Wildman–Crippen LogP) is 4.37. The second kappa shape index (κ2) is 8.54. The van der Waals surface area contributed by atoms with E-state index in [2.05, 4.69) is 4.98 Å². The van der Waals surface area contributed by atoms with Crippen LogP contribution in [0.1, 0.15) is 18.7 Å². The van der Waals surface area contributed by atoms with E-state index in [0.29, 0.717) is 51.4 Å². The number of nitrogens with two attached hydrogens (primary N) is 1. The number of halogens is 2. The lowest BCUT2D eigenvalue weighted by atomic mass is 10.1. The molecule has 0 radical (unpaired) electrons. The monoisotopic (exact) mass is 454 g/mol. The van der Waals surface area contributed by atoms with Gasteiger partial charge in [0.15, 0.2) is 11.7 Å².